The molecule has 0 spiro atoms. The summed E-state index contributed by atoms with van der Waals surface area (Å²) in [5.41, 5.74) is 0. The highest BCUT2D eigenvalue weighted by molar-refractivity contribution is 5.69. The predicted octanol–water partition coefficient (Wildman–Crippen LogP) is 9.64. The van der Waals surface area contributed by atoms with E-state index in [0.717, 1.165) is 44.9 Å². The van der Waals surface area contributed by atoms with E-state index in [1.807, 2.05) is 0 Å². The first-order valence-corrected chi connectivity index (χ1v) is 28.6. The first-order valence-electron chi connectivity index (χ1n) is 28.6. The number of carbonyl (C=O) groups excluding carboxylic acids is 1. The van der Waals surface area contributed by atoms with E-state index in [1.165, 1.54) is 180 Å². The summed E-state index contributed by atoms with van der Waals surface area (Å²) in [7, 11) is 0. The second-order valence-corrected chi connectivity index (χ2v) is 20.5. The molecule has 2 aliphatic rings. The quantitative estimate of drug-likeness (QED) is 0.0223. The molecule has 14 heteroatoms. The molecule has 0 saturated carbocycles. The van der Waals surface area contributed by atoms with Crippen LogP contribution in [0.5, 0.6) is 0 Å². The largest absolute Gasteiger partial charge is 0.457 e. The summed E-state index contributed by atoms with van der Waals surface area (Å²) < 4.78 is 34.4. The second kappa shape index (κ2) is 43.4. The van der Waals surface area contributed by atoms with Crippen LogP contribution in [0.3, 0.4) is 0 Å². The van der Waals surface area contributed by atoms with Gasteiger partial charge in [-0.05, 0) is 12.8 Å². The van der Waals surface area contributed by atoms with Gasteiger partial charge in [-0.2, -0.15) is 0 Å². The van der Waals surface area contributed by atoms with Gasteiger partial charge in [-0.25, -0.2) is 0 Å². The molecule has 14 nitrogen and oxygen atoms in total. The van der Waals surface area contributed by atoms with Gasteiger partial charge in [0.1, 0.15) is 54.9 Å². The van der Waals surface area contributed by atoms with E-state index in [1.54, 1.807) is 0 Å². The fraction of sp³-hybridized carbons (Fsp3) is 0.982. The molecule has 0 aromatic carbocycles. The summed E-state index contributed by atoms with van der Waals surface area (Å²) in [6, 6.07) is 0. The highest BCUT2D eigenvalue weighted by Gasteiger charge is 2.47. The summed E-state index contributed by atoms with van der Waals surface area (Å²) >= 11 is 0. The lowest BCUT2D eigenvalue weighted by Crippen LogP contribution is -2.61. The molecule has 2 fully saturated rings. The summed E-state index contributed by atoms with van der Waals surface area (Å²) in [4.78, 5) is 13.1. The normalized spacial score (nSPS) is 25.6. The van der Waals surface area contributed by atoms with E-state index < -0.39 is 80.7 Å². The molecule has 2 aliphatic heterocycles. The van der Waals surface area contributed by atoms with Crippen LogP contribution in [0.1, 0.15) is 245 Å². The number of unbranched alkanes of at least 4 members (excludes halogenated alkanes) is 33. The molecule has 2 saturated heterocycles. The molecule has 0 aromatic rings. The molecule has 2 heterocycles. The molecule has 7 N–H and O–H groups in total. The monoisotopic (exact) mass is 991 g/mol. The molecule has 0 aromatic heterocycles. The van der Waals surface area contributed by atoms with Gasteiger partial charge in [0, 0.05) is 13.0 Å². The fourth-order valence-electron chi connectivity index (χ4n) is 9.46. The molecule has 11 atom stereocenters. The van der Waals surface area contributed by atoms with Crippen LogP contribution in [0, 0.1) is 0 Å². The third-order valence-electron chi connectivity index (χ3n) is 14.1. The molecular weight excluding hydrogens is 885 g/mol. The summed E-state index contributed by atoms with van der Waals surface area (Å²) in [5.74, 6) is -0.368. The standard InChI is InChI=1S/C55H106O14/c1-3-5-7-9-11-13-15-17-19-21-22-23-24-26-28-30-32-34-36-38-47(57)67-44(41-64-39-37-35-33-31-29-27-25-20-18-16-14-12-10-8-6-4-2)42-65-54-53(63)51(61)49(59)46(69-54)43-66-55-52(62)50(60)48(58)45(40-56)68-55/h44-46,48-56,58-63H,3-43H2,1-2H3. The van der Waals surface area contributed by atoms with E-state index >= 15 is 0 Å². The van der Waals surface area contributed by atoms with Gasteiger partial charge < -0.3 is 64.2 Å². The maximum Gasteiger partial charge on any atom is 0.306 e. The second-order valence-electron chi connectivity index (χ2n) is 20.5. The van der Waals surface area contributed by atoms with Crippen molar-refractivity contribution in [3.05, 3.63) is 0 Å². The van der Waals surface area contributed by atoms with Crippen molar-refractivity contribution in [3.63, 3.8) is 0 Å². The first kappa shape index (κ1) is 64.1. The Hall–Kier alpha value is -1.01. The molecular formula is C55H106O14. The number of carbonyl (C=O) groups is 1. The van der Waals surface area contributed by atoms with Crippen LogP contribution >= 0.6 is 0 Å². The Labute approximate surface area is 419 Å². The van der Waals surface area contributed by atoms with E-state index in [4.69, 9.17) is 28.4 Å². The zero-order chi connectivity index (χ0) is 50.2. The Kier molecular flexibility index (Phi) is 40.3. The van der Waals surface area contributed by atoms with Crippen molar-refractivity contribution >= 4 is 5.97 Å². The lowest BCUT2D eigenvalue weighted by atomic mass is 9.98. The smallest absolute Gasteiger partial charge is 0.306 e. The van der Waals surface area contributed by atoms with Gasteiger partial charge in [0.25, 0.3) is 0 Å². The first-order chi connectivity index (χ1) is 33.6. The van der Waals surface area contributed by atoms with Crippen molar-refractivity contribution in [2.24, 2.45) is 0 Å². The Balaban J connectivity index is 1.71. The van der Waals surface area contributed by atoms with Crippen molar-refractivity contribution in [3.8, 4) is 0 Å². The van der Waals surface area contributed by atoms with Crippen molar-refractivity contribution in [2.75, 3.05) is 33.0 Å². The number of hydrogen-bond donors (Lipinski definition) is 7. The van der Waals surface area contributed by atoms with Crippen LogP contribution in [0.4, 0.5) is 0 Å². The third kappa shape index (κ3) is 30.7. The topological polar surface area (TPSA) is 214 Å². The molecule has 69 heavy (non-hydrogen) atoms. The number of hydrogen-bond acceptors (Lipinski definition) is 14. The predicted molar refractivity (Wildman–Crippen MR) is 271 cm³/mol. The van der Waals surface area contributed by atoms with E-state index in [0.29, 0.717) is 6.61 Å². The van der Waals surface area contributed by atoms with Crippen LogP contribution in [0.15, 0.2) is 0 Å². The van der Waals surface area contributed by atoms with Gasteiger partial charge in [-0.15, -0.1) is 0 Å². The van der Waals surface area contributed by atoms with Crippen molar-refractivity contribution < 1.29 is 69.0 Å². The average molecular weight is 991 g/mol. The van der Waals surface area contributed by atoms with Crippen LogP contribution in [0.25, 0.3) is 0 Å². The minimum Gasteiger partial charge on any atom is -0.457 e. The minimum absolute atomic E-state index is 0.0707. The fourth-order valence-corrected chi connectivity index (χ4v) is 9.46. The van der Waals surface area contributed by atoms with E-state index in [9.17, 15) is 40.5 Å². The van der Waals surface area contributed by atoms with Crippen LogP contribution < -0.4 is 0 Å². The maximum atomic E-state index is 13.1. The number of ether oxygens (including phenoxy) is 6. The number of aliphatic hydroxyl groups is 7. The van der Waals surface area contributed by atoms with Crippen LogP contribution in [-0.4, -0.2) is 142 Å². The highest BCUT2D eigenvalue weighted by atomic mass is 16.7. The van der Waals surface area contributed by atoms with E-state index in [2.05, 4.69) is 13.8 Å². The van der Waals surface area contributed by atoms with Crippen molar-refractivity contribution in [1.29, 1.82) is 0 Å². The van der Waals surface area contributed by atoms with Crippen LogP contribution in [-0.2, 0) is 33.2 Å². The molecule has 0 bridgehead atoms. The minimum atomic E-state index is -1.70. The molecule has 11 unspecified atom stereocenters. The summed E-state index contributed by atoms with van der Waals surface area (Å²) in [6.07, 6.45) is 28.7. The zero-order valence-electron chi connectivity index (χ0n) is 43.8. The highest BCUT2D eigenvalue weighted by Crippen LogP contribution is 2.27. The average Bonchev–Trinajstić information content (AvgIpc) is 3.35. The molecule has 410 valence electrons. The van der Waals surface area contributed by atoms with Gasteiger partial charge in [-0.3, -0.25) is 4.79 Å². The van der Waals surface area contributed by atoms with Gasteiger partial charge in [0.15, 0.2) is 12.6 Å². The molecule has 0 amide bonds. The summed E-state index contributed by atoms with van der Waals surface area (Å²) in [6.45, 7) is 3.76. The van der Waals surface area contributed by atoms with Gasteiger partial charge in [-0.1, -0.05) is 226 Å². The van der Waals surface area contributed by atoms with Crippen molar-refractivity contribution in [2.45, 2.75) is 313 Å². The van der Waals surface area contributed by atoms with Crippen LogP contribution in [0.2, 0.25) is 0 Å². The Morgan fingerprint density at radius 2 is 0.768 bits per heavy atom. The van der Waals surface area contributed by atoms with Gasteiger partial charge in [0.2, 0.25) is 0 Å². The molecule has 2 rings (SSSR count). The van der Waals surface area contributed by atoms with Crippen molar-refractivity contribution in [1.82, 2.24) is 0 Å². The lowest BCUT2D eigenvalue weighted by molar-refractivity contribution is -0.332. The third-order valence-corrected chi connectivity index (χ3v) is 14.1. The Bertz CT molecular complexity index is 1150. The number of esters is 1. The van der Waals surface area contributed by atoms with Gasteiger partial charge >= 0.3 is 5.97 Å². The maximum absolute atomic E-state index is 13.1. The lowest BCUT2D eigenvalue weighted by Gasteiger charge is -2.42. The Morgan fingerprint density at radius 3 is 1.17 bits per heavy atom. The Morgan fingerprint density at radius 1 is 0.420 bits per heavy atom. The number of rotatable bonds is 47. The summed E-state index contributed by atoms with van der Waals surface area (Å²) in [5, 5.41) is 72.3. The van der Waals surface area contributed by atoms with E-state index in [-0.39, 0.29) is 25.6 Å². The zero-order valence-corrected chi connectivity index (χ0v) is 43.8. The number of aliphatic hydroxyl groups excluding tert-OH is 7. The van der Waals surface area contributed by atoms with Gasteiger partial charge in [0.05, 0.1) is 26.4 Å². The molecule has 0 radical (unpaired) electrons. The molecule has 0 aliphatic carbocycles. The SMILES string of the molecule is CCCCCCCCCCCCCCCCCCCCCC(=O)OC(COCCCCCCCCCCCCCCCCCC)COC1OC(COC2OC(CO)C(O)C(O)C2O)C(O)C(O)C1O.